The van der Waals surface area contributed by atoms with Crippen molar-refractivity contribution in [3.05, 3.63) is 30.0 Å². The van der Waals surface area contributed by atoms with E-state index in [9.17, 15) is 4.79 Å². The highest BCUT2D eigenvalue weighted by Crippen LogP contribution is 2.27. The Hall–Kier alpha value is -2.61. The molecule has 0 atom stereocenters. The van der Waals surface area contributed by atoms with E-state index in [1.807, 2.05) is 12.1 Å². The lowest BCUT2D eigenvalue weighted by Crippen LogP contribution is -2.12. The molecule has 0 amide bonds. The van der Waals surface area contributed by atoms with Crippen LogP contribution in [0.15, 0.2) is 24.3 Å². The first-order valence-electron chi connectivity index (χ1n) is 5.76. The molecule has 1 aromatic heterocycles. The molecule has 5 nitrogen and oxygen atoms in total. The van der Waals surface area contributed by atoms with Crippen molar-refractivity contribution in [3.8, 4) is 18.1 Å². The van der Waals surface area contributed by atoms with Gasteiger partial charge in [0.15, 0.2) is 5.75 Å². The maximum atomic E-state index is 11.8. The van der Waals surface area contributed by atoms with Crippen LogP contribution in [0, 0.1) is 12.3 Å². The molecule has 0 aliphatic carbocycles. The van der Waals surface area contributed by atoms with Gasteiger partial charge in [0.1, 0.15) is 6.61 Å². The third kappa shape index (κ3) is 2.63. The number of ether oxygens (including phenoxy) is 2. The molecule has 0 bridgehead atoms. The third-order valence-electron chi connectivity index (χ3n) is 2.39. The average Bonchev–Trinajstić information content (AvgIpc) is 2.44. The Morgan fingerprint density at radius 2 is 2.16 bits per heavy atom. The maximum absolute atomic E-state index is 11.8. The van der Waals surface area contributed by atoms with E-state index in [-0.39, 0.29) is 18.9 Å². The summed E-state index contributed by atoms with van der Waals surface area (Å²) in [4.78, 5) is 11.8. The van der Waals surface area contributed by atoms with Gasteiger partial charge in [-0.2, -0.15) is 0 Å². The van der Waals surface area contributed by atoms with E-state index in [2.05, 4.69) is 16.1 Å². The number of hydrogen-bond donors (Lipinski definition) is 0. The lowest BCUT2D eigenvalue weighted by molar-refractivity contribution is 0.0514. The Kier molecular flexibility index (Phi) is 3.94. The molecule has 0 fully saturated rings. The van der Waals surface area contributed by atoms with Crippen LogP contribution >= 0.6 is 0 Å². The summed E-state index contributed by atoms with van der Waals surface area (Å²) in [6.45, 7) is 2.01. The second-order valence-electron chi connectivity index (χ2n) is 3.61. The van der Waals surface area contributed by atoms with Gasteiger partial charge in [0, 0.05) is 5.39 Å². The molecule has 0 saturated carbocycles. The van der Waals surface area contributed by atoms with Gasteiger partial charge in [-0.15, -0.1) is 16.6 Å². The molecule has 1 aromatic carbocycles. The van der Waals surface area contributed by atoms with Crippen LogP contribution in [0.1, 0.15) is 17.4 Å². The molecule has 5 heteroatoms. The van der Waals surface area contributed by atoms with E-state index in [0.717, 1.165) is 0 Å². The summed E-state index contributed by atoms with van der Waals surface area (Å²) >= 11 is 0. The van der Waals surface area contributed by atoms with Gasteiger partial charge in [-0.05, 0) is 19.1 Å². The minimum absolute atomic E-state index is 0.0378. The van der Waals surface area contributed by atoms with Crippen molar-refractivity contribution >= 4 is 16.9 Å². The second-order valence-corrected chi connectivity index (χ2v) is 3.61. The SMILES string of the molecule is C#CCOc1c(C(=O)OCC)nnc2ccccc12. The predicted molar refractivity (Wildman–Crippen MR) is 69.8 cm³/mol. The summed E-state index contributed by atoms with van der Waals surface area (Å²) in [5.74, 6) is 2.09. The lowest BCUT2D eigenvalue weighted by atomic mass is 10.2. The molecule has 96 valence electrons. The standard InChI is InChI=1S/C14H12N2O3/c1-3-9-19-13-10-7-5-6-8-11(10)15-16-12(13)14(17)18-4-2/h1,5-8H,4,9H2,2H3. The Labute approximate surface area is 110 Å². The van der Waals surface area contributed by atoms with Gasteiger partial charge in [-0.25, -0.2) is 4.79 Å². The molecule has 0 spiro atoms. The Morgan fingerprint density at radius 1 is 1.37 bits per heavy atom. The van der Waals surface area contributed by atoms with Crippen LogP contribution in [-0.4, -0.2) is 29.4 Å². The van der Waals surface area contributed by atoms with Crippen molar-refractivity contribution in [1.82, 2.24) is 10.2 Å². The number of nitrogens with zero attached hydrogens (tertiary/aromatic N) is 2. The van der Waals surface area contributed by atoms with Crippen LogP contribution in [0.25, 0.3) is 10.9 Å². The van der Waals surface area contributed by atoms with E-state index in [1.54, 1.807) is 19.1 Å². The predicted octanol–water partition coefficient (Wildman–Crippen LogP) is 1.82. The number of terminal acetylenes is 1. The zero-order valence-electron chi connectivity index (χ0n) is 10.4. The van der Waals surface area contributed by atoms with Gasteiger partial charge in [0.05, 0.1) is 12.1 Å². The maximum Gasteiger partial charge on any atom is 0.362 e. The highest BCUT2D eigenvalue weighted by Gasteiger charge is 2.19. The van der Waals surface area contributed by atoms with Crippen molar-refractivity contribution in [2.45, 2.75) is 6.92 Å². The number of carbonyl (C=O) groups excluding carboxylic acids is 1. The summed E-state index contributed by atoms with van der Waals surface area (Å²) in [6, 6.07) is 7.21. The van der Waals surface area contributed by atoms with Gasteiger partial charge in [-0.3, -0.25) is 0 Å². The summed E-state index contributed by atoms with van der Waals surface area (Å²) in [6.07, 6.45) is 5.18. The fourth-order valence-electron chi connectivity index (χ4n) is 1.62. The highest BCUT2D eigenvalue weighted by atomic mass is 16.5. The van der Waals surface area contributed by atoms with Crippen LogP contribution in [0.3, 0.4) is 0 Å². The van der Waals surface area contributed by atoms with Gasteiger partial charge in [0.25, 0.3) is 0 Å². The molecule has 1 heterocycles. The van der Waals surface area contributed by atoms with Crippen LogP contribution in [-0.2, 0) is 4.74 Å². The highest BCUT2D eigenvalue weighted by molar-refractivity contribution is 5.97. The first-order chi connectivity index (χ1) is 9.27. The van der Waals surface area contributed by atoms with Crippen molar-refractivity contribution in [2.75, 3.05) is 13.2 Å². The molecule has 0 saturated heterocycles. The number of carbonyl (C=O) groups is 1. The molecule has 0 radical (unpaired) electrons. The quantitative estimate of drug-likeness (QED) is 0.616. The normalized spacial score (nSPS) is 9.89. The van der Waals surface area contributed by atoms with Gasteiger partial charge >= 0.3 is 5.97 Å². The number of rotatable bonds is 4. The molecule has 0 unspecified atom stereocenters. The molecule has 2 aromatic rings. The fourth-order valence-corrected chi connectivity index (χ4v) is 1.62. The van der Waals surface area contributed by atoms with Crippen LogP contribution in [0.4, 0.5) is 0 Å². The molecule has 19 heavy (non-hydrogen) atoms. The van der Waals surface area contributed by atoms with Crippen molar-refractivity contribution < 1.29 is 14.3 Å². The van der Waals surface area contributed by atoms with Crippen LogP contribution in [0.5, 0.6) is 5.75 Å². The van der Waals surface area contributed by atoms with Crippen molar-refractivity contribution in [1.29, 1.82) is 0 Å². The van der Waals surface area contributed by atoms with E-state index in [4.69, 9.17) is 15.9 Å². The summed E-state index contributed by atoms with van der Waals surface area (Å²) in [7, 11) is 0. The van der Waals surface area contributed by atoms with E-state index < -0.39 is 5.97 Å². The summed E-state index contributed by atoms with van der Waals surface area (Å²) < 4.78 is 10.4. The minimum Gasteiger partial charge on any atom is -0.478 e. The van der Waals surface area contributed by atoms with Gasteiger partial charge in [0.2, 0.25) is 5.69 Å². The Balaban J connectivity index is 2.56. The molecule has 0 N–H and O–H groups in total. The largest absolute Gasteiger partial charge is 0.478 e. The average molecular weight is 256 g/mol. The first kappa shape index (κ1) is 12.8. The molecular weight excluding hydrogens is 244 g/mol. The van der Waals surface area contributed by atoms with E-state index >= 15 is 0 Å². The van der Waals surface area contributed by atoms with E-state index in [0.29, 0.717) is 16.7 Å². The minimum atomic E-state index is -0.576. The third-order valence-corrected chi connectivity index (χ3v) is 2.39. The Morgan fingerprint density at radius 3 is 2.89 bits per heavy atom. The number of benzene rings is 1. The number of aromatic nitrogens is 2. The molecule has 0 aliphatic heterocycles. The fraction of sp³-hybridized carbons (Fsp3) is 0.214. The topological polar surface area (TPSA) is 61.3 Å². The van der Waals surface area contributed by atoms with Crippen molar-refractivity contribution in [3.63, 3.8) is 0 Å². The number of esters is 1. The molecular formula is C14H12N2O3. The van der Waals surface area contributed by atoms with Crippen LogP contribution < -0.4 is 4.74 Å². The van der Waals surface area contributed by atoms with Gasteiger partial charge < -0.3 is 9.47 Å². The van der Waals surface area contributed by atoms with Crippen LogP contribution in [0.2, 0.25) is 0 Å². The Bertz CT molecular complexity index is 647. The van der Waals surface area contributed by atoms with Crippen molar-refractivity contribution in [2.24, 2.45) is 0 Å². The smallest absolute Gasteiger partial charge is 0.362 e. The molecule has 0 aliphatic rings. The summed E-state index contributed by atoms with van der Waals surface area (Å²) in [5, 5.41) is 8.51. The lowest BCUT2D eigenvalue weighted by Gasteiger charge is -2.10. The zero-order chi connectivity index (χ0) is 13.7. The summed E-state index contributed by atoms with van der Waals surface area (Å²) in [5.41, 5.74) is 0.665. The van der Waals surface area contributed by atoms with Gasteiger partial charge in [-0.1, -0.05) is 18.1 Å². The second kappa shape index (κ2) is 5.83. The zero-order valence-corrected chi connectivity index (χ0v) is 10.4. The monoisotopic (exact) mass is 256 g/mol. The number of hydrogen-bond acceptors (Lipinski definition) is 5. The number of fused-ring (bicyclic) bond motifs is 1. The molecule has 2 rings (SSSR count). The van der Waals surface area contributed by atoms with E-state index in [1.165, 1.54) is 0 Å². The first-order valence-corrected chi connectivity index (χ1v) is 5.76.